The quantitative estimate of drug-likeness (QED) is 0.618. The number of nitrogens with one attached hydrogen (secondary N) is 1. The van der Waals surface area contributed by atoms with Gasteiger partial charge in [-0.1, -0.05) is 12.8 Å². The molecule has 1 rings (SSSR count). The number of rotatable bonds is 4. The monoisotopic (exact) mass is 220 g/mol. The fourth-order valence-corrected chi connectivity index (χ4v) is 1.65. The Balaban J connectivity index is 2.72. The standard InChI is InChI=1S/C11H12N2OS/c1-3-6-13-11(14)9-5-7-12-10(8-9)15-4-2/h1,5,7-8H,4,6H2,2H3,(H,13,14). The molecular weight excluding hydrogens is 208 g/mol. The molecule has 0 bridgehead atoms. The van der Waals surface area contributed by atoms with Crippen molar-refractivity contribution in [2.45, 2.75) is 11.9 Å². The third-order valence-electron chi connectivity index (χ3n) is 1.64. The van der Waals surface area contributed by atoms with Crippen LogP contribution in [0, 0.1) is 12.3 Å². The summed E-state index contributed by atoms with van der Waals surface area (Å²) in [4.78, 5) is 15.7. The van der Waals surface area contributed by atoms with E-state index in [1.807, 2.05) is 6.92 Å². The smallest absolute Gasteiger partial charge is 0.252 e. The van der Waals surface area contributed by atoms with Crippen molar-refractivity contribution in [3.8, 4) is 12.3 Å². The number of carbonyl (C=O) groups is 1. The van der Waals surface area contributed by atoms with Crippen LogP contribution in [-0.4, -0.2) is 23.2 Å². The molecule has 0 saturated carbocycles. The Kier molecular flexibility index (Phi) is 4.72. The van der Waals surface area contributed by atoms with Crippen molar-refractivity contribution in [1.82, 2.24) is 10.3 Å². The van der Waals surface area contributed by atoms with E-state index in [4.69, 9.17) is 6.42 Å². The molecule has 0 aromatic carbocycles. The lowest BCUT2D eigenvalue weighted by atomic mass is 10.2. The summed E-state index contributed by atoms with van der Waals surface area (Å²) in [6.45, 7) is 2.29. The third-order valence-corrected chi connectivity index (χ3v) is 2.45. The highest BCUT2D eigenvalue weighted by atomic mass is 32.2. The second-order valence-corrected chi connectivity index (χ2v) is 3.99. The highest BCUT2D eigenvalue weighted by Crippen LogP contribution is 2.15. The van der Waals surface area contributed by atoms with Gasteiger partial charge in [0, 0.05) is 11.8 Å². The van der Waals surface area contributed by atoms with Crippen LogP contribution in [0.1, 0.15) is 17.3 Å². The van der Waals surface area contributed by atoms with Crippen molar-refractivity contribution in [2.75, 3.05) is 12.3 Å². The van der Waals surface area contributed by atoms with Crippen LogP contribution in [0.2, 0.25) is 0 Å². The topological polar surface area (TPSA) is 42.0 Å². The molecule has 0 aliphatic rings. The van der Waals surface area contributed by atoms with Gasteiger partial charge in [-0.05, 0) is 17.9 Å². The van der Waals surface area contributed by atoms with Gasteiger partial charge in [0.1, 0.15) is 0 Å². The van der Waals surface area contributed by atoms with E-state index in [1.54, 1.807) is 30.1 Å². The number of aromatic nitrogens is 1. The van der Waals surface area contributed by atoms with Crippen molar-refractivity contribution < 1.29 is 4.79 Å². The summed E-state index contributed by atoms with van der Waals surface area (Å²) >= 11 is 1.60. The molecular formula is C11H12N2OS. The van der Waals surface area contributed by atoms with Gasteiger partial charge in [-0.15, -0.1) is 18.2 Å². The van der Waals surface area contributed by atoms with E-state index < -0.39 is 0 Å². The number of hydrogen-bond acceptors (Lipinski definition) is 3. The number of carbonyl (C=O) groups excluding carboxylic acids is 1. The molecule has 0 aliphatic carbocycles. The first-order valence-electron chi connectivity index (χ1n) is 4.58. The number of terminal acetylenes is 1. The predicted octanol–water partition coefficient (Wildman–Crippen LogP) is 1.56. The minimum absolute atomic E-state index is 0.159. The van der Waals surface area contributed by atoms with Gasteiger partial charge in [0.15, 0.2) is 0 Å². The van der Waals surface area contributed by atoms with Gasteiger partial charge in [-0.2, -0.15) is 0 Å². The van der Waals surface area contributed by atoms with Crippen molar-refractivity contribution in [3.63, 3.8) is 0 Å². The lowest BCUT2D eigenvalue weighted by molar-refractivity contribution is 0.0958. The summed E-state index contributed by atoms with van der Waals surface area (Å²) in [5, 5.41) is 3.46. The van der Waals surface area contributed by atoms with Crippen LogP contribution in [0.15, 0.2) is 23.4 Å². The highest BCUT2D eigenvalue weighted by Gasteiger charge is 2.05. The first-order chi connectivity index (χ1) is 7.27. The Bertz CT molecular complexity index is 384. The lowest BCUT2D eigenvalue weighted by Gasteiger charge is -2.03. The Morgan fingerprint density at radius 3 is 3.20 bits per heavy atom. The van der Waals surface area contributed by atoms with E-state index in [1.165, 1.54) is 0 Å². The largest absolute Gasteiger partial charge is 0.341 e. The SMILES string of the molecule is C#CCNC(=O)c1ccnc(SCC)c1. The van der Waals surface area contributed by atoms with E-state index in [9.17, 15) is 4.79 Å². The van der Waals surface area contributed by atoms with Crippen LogP contribution in [-0.2, 0) is 0 Å². The molecule has 78 valence electrons. The van der Waals surface area contributed by atoms with Crippen molar-refractivity contribution in [3.05, 3.63) is 23.9 Å². The third kappa shape index (κ3) is 3.64. The second-order valence-electron chi connectivity index (χ2n) is 2.70. The molecule has 4 heteroatoms. The molecule has 0 unspecified atom stereocenters. The number of amides is 1. The van der Waals surface area contributed by atoms with Crippen molar-refractivity contribution >= 4 is 17.7 Å². The van der Waals surface area contributed by atoms with E-state index in [0.29, 0.717) is 5.56 Å². The molecule has 15 heavy (non-hydrogen) atoms. The zero-order valence-electron chi connectivity index (χ0n) is 8.49. The Morgan fingerprint density at radius 1 is 1.73 bits per heavy atom. The normalized spacial score (nSPS) is 9.33. The Hall–Kier alpha value is -1.47. The molecule has 0 saturated heterocycles. The summed E-state index contributed by atoms with van der Waals surface area (Å²) in [6, 6.07) is 3.44. The fourth-order valence-electron chi connectivity index (χ4n) is 1.01. The Morgan fingerprint density at radius 2 is 2.53 bits per heavy atom. The molecule has 3 nitrogen and oxygen atoms in total. The summed E-state index contributed by atoms with van der Waals surface area (Å²) in [5.74, 6) is 3.13. The van der Waals surface area contributed by atoms with Crippen LogP contribution in [0.5, 0.6) is 0 Å². The van der Waals surface area contributed by atoms with E-state index in [-0.39, 0.29) is 12.5 Å². The van der Waals surface area contributed by atoms with Crippen LogP contribution < -0.4 is 5.32 Å². The summed E-state index contributed by atoms with van der Waals surface area (Å²) < 4.78 is 0. The molecule has 0 aliphatic heterocycles. The number of pyridine rings is 1. The van der Waals surface area contributed by atoms with Crippen LogP contribution in [0.25, 0.3) is 0 Å². The predicted molar refractivity (Wildman–Crippen MR) is 61.8 cm³/mol. The number of hydrogen-bond donors (Lipinski definition) is 1. The van der Waals surface area contributed by atoms with Gasteiger partial charge in [-0.3, -0.25) is 4.79 Å². The molecule has 1 heterocycles. The Labute approximate surface area is 93.7 Å². The average molecular weight is 220 g/mol. The molecule has 1 N–H and O–H groups in total. The average Bonchev–Trinajstić information content (AvgIpc) is 2.27. The van der Waals surface area contributed by atoms with Crippen LogP contribution in [0.4, 0.5) is 0 Å². The van der Waals surface area contributed by atoms with Crippen molar-refractivity contribution in [2.24, 2.45) is 0 Å². The van der Waals surface area contributed by atoms with E-state index in [0.717, 1.165) is 10.8 Å². The molecule has 1 aromatic rings. The van der Waals surface area contributed by atoms with Gasteiger partial charge >= 0.3 is 0 Å². The second kappa shape index (κ2) is 6.10. The van der Waals surface area contributed by atoms with E-state index in [2.05, 4.69) is 16.2 Å². The number of thioether (sulfide) groups is 1. The van der Waals surface area contributed by atoms with Crippen LogP contribution in [0.3, 0.4) is 0 Å². The molecule has 0 fully saturated rings. The molecule has 0 atom stereocenters. The zero-order chi connectivity index (χ0) is 11.1. The minimum atomic E-state index is -0.159. The van der Waals surface area contributed by atoms with Gasteiger partial charge in [0.2, 0.25) is 0 Å². The maximum absolute atomic E-state index is 11.5. The first-order valence-corrected chi connectivity index (χ1v) is 5.57. The highest BCUT2D eigenvalue weighted by molar-refractivity contribution is 7.99. The molecule has 1 amide bonds. The maximum Gasteiger partial charge on any atom is 0.252 e. The van der Waals surface area contributed by atoms with Crippen molar-refractivity contribution in [1.29, 1.82) is 0 Å². The van der Waals surface area contributed by atoms with Gasteiger partial charge < -0.3 is 5.32 Å². The van der Waals surface area contributed by atoms with Gasteiger partial charge in [-0.25, -0.2) is 4.98 Å². The first kappa shape index (κ1) is 11.6. The summed E-state index contributed by atoms with van der Waals surface area (Å²) in [7, 11) is 0. The fraction of sp³-hybridized carbons (Fsp3) is 0.273. The summed E-state index contributed by atoms with van der Waals surface area (Å²) in [6.07, 6.45) is 6.68. The zero-order valence-corrected chi connectivity index (χ0v) is 9.30. The van der Waals surface area contributed by atoms with Gasteiger partial charge in [0.25, 0.3) is 5.91 Å². The van der Waals surface area contributed by atoms with Crippen LogP contribution >= 0.6 is 11.8 Å². The minimum Gasteiger partial charge on any atom is -0.341 e. The molecule has 0 spiro atoms. The molecule has 0 radical (unpaired) electrons. The molecule has 1 aromatic heterocycles. The maximum atomic E-state index is 11.5. The van der Waals surface area contributed by atoms with E-state index >= 15 is 0 Å². The van der Waals surface area contributed by atoms with Gasteiger partial charge in [0.05, 0.1) is 11.6 Å². The number of nitrogens with zero attached hydrogens (tertiary/aromatic N) is 1. The summed E-state index contributed by atoms with van der Waals surface area (Å²) in [5.41, 5.74) is 0.594. The lowest BCUT2D eigenvalue weighted by Crippen LogP contribution is -2.23.